The molecule has 0 radical (unpaired) electrons. The average molecular weight is 378 g/mol. The largest absolute Gasteiger partial charge is 0.493 e. The number of nitrogens with one attached hydrogen (secondary N) is 1. The van der Waals surface area contributed by atoms with Gasteiger partial charge in [-0.3, -0.25) is 4.79 Å². The van der Waals surface area contributed by atoms with Gasteiger partial charge >= 0.3 is 0 Å². The second-order valence-electron chi connectivity index (χ2n) is 6.34. The van der Waals surface area contributed by atoms with E-state index >= 15 is 0 Å². The molecule has 0 aliphatic rings. The van der Waals surface area contributed by atoms with Crippen LogP contribution in [0.3, 0.4) is 0 Å². The van der Waals surface area contributed by atoms with Crippen molar-refractivity contribution in [3.8, 4) is 17.2 Å². The van der Waals surface area contributed by atoms with Gasteiger partial charge < -0.3 is 19.5 Å². The van der Waals surface area contributed by atoms with Crippen LogP contribution in [0.4, 0.5) is 0 Å². The molecule has 1 heterocycles. The fourth-order valence-corrected chi connectivity index (χ4v) is 3.77. The van der Waals surface area contributed by atoms with E-state index in [1.54, 1.807) is 32.7 Å². The molecule has 0 aliphatic heterocycles. The number of thiophene rings is 1. The van der Waals surface area contributed by atoms with Crippen molar-refractivity contribution in [2.45, 2.75) is 32.7 Å². The summed E-state index contributed by atoms with van der Waals surface area (Å²) in [5.41, 5.74) is 0.965. The first-order chi connectivity index (χ1) is 12.5. The van der Waals surface area contributed by atoms with E-state index in [1.165, 1.54) is 4.88 Å². The topological polar surface area (TPSA) is 56.8 Å². The van der Waals surface area contributed by atoms with E-state index in [2.05, 4.69) is 25.2 Å². The fourth-order valence-electron chi connectivity index (χ4n) is 2.82. The van der Waals surface area contributed by atoms with Crippen molar-refractivity contribution in [1.82, 2.24) is 5.32 Å². The Morgan fingerprint density at radius 1 is 1.12 bits per heavy atom. The molecule has 0 fully saturated rings. The number of methoxy groups -OCH3 is 3. The molecule has 6 heteroatoms. The van der Waals surface area contributed by atoms with E-state index in [0.717, 1.165) is 5.56 Å². The van der Waals surface area contributed by atoms with Crippen molar-refractivity contribution in [3.63, 3.8) is 0 Å². The van der Waals surface area contributed by atoms with E-state index in [-0.39, 0.29) is 11.9 Å². The number of aryl methyl sites for hydroxylation is 1. The van der Waals surface area contributed by atoms with Crippen molar-refractivity contribution in [2.75, 3.05) is 21.3 Å². The highest BCUT2D eigenvalue weighted by atomic mass is 32.1. The summed E-state index contributed by atoms with van der Waals surface area (Å²) in [6.07, 6.45) is 0.991. The maximum atomic E-state index is 12.5. The third-order valence-corrected chi connectivity index (χ3v) is 5.15. The lowest BCUT2D eigenvalue weighted by molar-refractivity contribution is -0.122. The van der Waals surface area contributed by atoms with Gasteiger partial charge in [0.1, 0.15) is 0 Å². The molecule has 0 bridgehead atoms. The molecule has 0 saturated heterocycles. The van der Waals surface area contributed by atoms with E-state index in [9.17, 15) is 4.79 Å². The standard InChI is InChI=1S/C20H27NO4S/c1-13(2)19(17-7-6-10-26-17)21-18(22)9-8-14-11-15(23-3)20(25-5)16(12-14)24-4/h6-7,10-13,19H,8-9H2,1-5H3,(H,21,22). The normalized spacial score (nSPS) is 11.9. The van der Waals surface area contributed by atoms with Crippen molar-refractivity contribution in [3.05, 3.63) is 40.1 Å². The van der Waals surface area contributed by atoms with Crippen LogP contribution in [0, 0.1) is 5.92 Å². The van der Waals surface area contributed by atoms with Crippen LogP contribution in [0.5, 0.6) is 17.2 Å². The van der Waals surface area contributed by atoms with Crippen LogP contribution >= 0.6 is 11.3 Å². The first-order valence-electron chi connectivity index (χ1n) is 8.61. The number of ether oxygens (including phenoxy) is 3. The lowest BCUT2D eigenvalue weighted by Crippen LogP contribution is -2.31. The smallest absolute Gasteiger partial charge is 0.220 e. The molecule has 1 unspecified atom stereocenters. The van der Waals surface area contributed by atoms with Crippen molar-refractivity contribution in [1.29, 1.82) is 0 Å². The first kappa shape index (κ1) is 20.1. The summed E-state index contributed by atoms with van der Waals surface area (Å²) >= 11 is 1.67. The average Bonchev–Trinajstić information content (AvgIpc) is 3.17. The van der Waals surface area contributed by atoms with Crippen LogP contribution in [0.1, 0.15) is 36.8 Å². The lowest BCUT2D eigenvalue weighted by Gasteiger charge is -2.21. The number of benzene rings is 1. The number of amides is 1. The zero-order valence-corrected chi connectivity index (χ0v) is 16.8. The minimum atomic E-state index is 0.0332. The van der Waals surface area contributed by atoms with Crippen LogP contribution < -0.4 is 19.5 Å². The highest BCUT2D eigenvalue weighted by molar-refractivity contribution is 7.10. The molecule has 1 atom stereocenters. The Morgan fingerprint density at radius 3 is 2.23 bits per heavy atom. The quantitative estimate of drug-likeness (QED) is 0.711. The van der Waals surface area contributed by atoms with Crippen LogP contribution in [0.15, 0.2) is 29.6 Å². The molecule has 2 rings (SSSR count). The van der Waals surface area contributed by atoms with Crippen molar-refractivity contribution < 1.29 is 19.0 Å². The number of hydrogen-bond donors (Lipinski definition) is 1. The van der Waals surface area contributed by atoms with E-state index in [0.29, 0.717) is 36.0 Å². The van der Waals surface area contributed by atoms with Crippen LogP contribution in [-0.2, 0) is 11.2 Å². The molecule has 1 aromatic heterocycles. The Kier molecular flexibility index (Phi) is 7.33. The van der Waals surface area contributed by atoms with Gasteiger partial charge in [-0.15, -0.1) is 11.3 Å². The Morgan fingerprint density at radius 2 is 1.77 bits per heavy atom. The van der Waals surface area contributed by atoms with E-state index < -0.39 is 0 Å². The number of rotatable bonds is 9. The van der Waals surface area contributed by atoms with Gasteiger partial charge in [0.25, 0.3) is 0 Å². The third-order valence-electron chi connectivity index (χ3n) is 4.20. The van der Waals surface area contributed by atoms with Gasteiger partial charge in [0.15, 0.2) is 11.5 Å². The van der Waals surface area contributed by atoms with Gasteiger partial charge in [0.05, 0.1) is 27.4 Å². The molecule has 0 spiro atoms. The number of carbonyl (C=O) groups excluding carboxylic acids is 1. The zero-order valence-electron chi connectivity index (χ0n) is 16.0. The Labute approximate surface area is 159 Å². The van der Waals surface area contributed by atoms with E-state index in [1.807, 2.05) is 23.6 Å². The lowest BCUT2D eigenvalue weighted by atomic mass is 10.0. The third kappa shape index (κ3) is 4.91. The summed E-state index contributed by atoms with van der Waals surface area (Å²) < 4.78 is 16.1. The highest BCUT2D eigenvalue weighted by Gasteiger charge is 2.19. The molecule has 0 saturated carbocycles. The van der Waals surface area contributed by atoms with Crippen molar-refractivity contribution >= 4 is 17.2 Å². The summed E-state index contributed by atoms with van der Waals surface area (Å²) in [4.78, 5) is 13.6. The fraction of sp³-hybridized carbons (Fsp3) is 0.450. The first-order valence-corrected chi connectivity index (χ1v) is 9.49. The van der Waals surface area contributed by atoms with E-state index in [4.69, 9.17) is 14.2 Å². The van der Waals surface area contributed by atoms with Crippen LogP contribution in [0.2, 0.25) is 0 Å². The Balaban J connectivity index is 2.04. The molecule has 2 aromatic rings. The molecule has 5 nitrogen and oxygen atoms in total. The minimum Gasteiger partial charge on any atom is -0.493 e. The second-order valence-corrected chi connectivity index (χ2v) is 7.32. The van der Waals surface area contributed by atoms with Gasteiger partial charge in [0.2, 0.25) is 11.7 Å². The number of hydrogen-bond acceptors (Lipinski definition) is 5. The molecule has 0 aliphatic carbocycles. The summed E-state index contributed by atoms with van der Waals surface area (Å²) in [7, 11) is 4.74. The van der Waals surface area contributed by atoms with Gasteiger partial charge in [-0.25, -0.2) is 0 Å². The molecule has 142 valence electrons. The summed E-state index contributed by atoms with van der Waals surface area (Å²) in [5, 5.41) is 5.19. The van der Waals surface area contributed by atoms with Crippen molar-refractivity contribution in [2.24, 2.45) is 5.92 Å². The number of carbonyl (C=O) groups is 1. The molecule has 1 aromatic carbocycles. The van der Waals surface area contributed by atoms with Gasteiger partial charge in [-0.1, -0.05) is 19.9 Å². The Bertz CT molecular complexity index is 688. The summed E-state index contributed by atoms with van der Waals surface area (Å²) in [6.45, 7) is 4.23. The highest BCUT2D eigenvalue weighted by Crippen LogP contribution is 2.38. The molecule has 26 heavy (non-hydrogen) atoms. The van der Waals surface area contributed by atoms with Gasteiger partial charge in [-0.05, 0) is 41.5 Å². The SMILES string of the molecule is COc1cc(CCC(=O)NC(c2cccs2)C(C)C)cc(OC)c1OC. The van der Waals surface area contributed by atoms with Crippen LogP contribution in [0.25, 0.3) is 0 Å². The summed E-state index contributed by atoms with van der Waals surface area (Å²) in [6, 6.07) is 7.89. The second kappa shape index (κ2) is 9.48. The summed E-state index contributed by atoms with van der Waals surface area (Å²) in [5.74, 6) is 2.12. The molecule has 1 N–H and O–H groups in total. The molecular formula is C20H27NO4S. The predicted octanol–water partition coefficient (Wildman–Crippen LogP) is 4.22. The predicted molar refractivity (Wildman–Crippen MR) is 104 cm³/mol. The van der Waals surface area contributed by atoms with Gasteiger partial charge in [-0.2, -0.15) is 0 Å². The molecule has 1 amide bonds. The Hall–Kier alpha value is -2.21. The van der Waals surface area contributed by atoms with Gasteiger partial charge in [0, 0.05) is 11.3 Å². The zero-order chi connectivity index (χ0) is 19.1. The maximum Gasteiger partial charge on any atom is 0.220 e. The monoisotopic (exact) mass is 377 g/mol. The maximum absolute atomic E-state index is 12.5. The minimum absolute atomic E-state index is 0.0332. The molecular weight excluding hydrogens is 350 g/mol. The van der Waals surface area contributed by atoms with Crippen LogP contribution in [-0.4, -0.2) is 27.2 Å².